The van der Waals surface area contributed by atoms with E-state index in [1.807, 2.05) is 36.4 Å². The molecule has 0 amide bonds. The van der Waals surface area contributed by atoms with Gasteiger partial charge in [-0.15, -0.1) is 0 Å². The number of benzene rings is 2. The van der Waals surface area contributed by atoms with Gasteiger partial charge in [0.25, 0.3) is 0 Å². The van der Waals surface area contributed by atoms with Gasteiger partial charge in [-0.1, -0.05) is 42.5 Å². The van der Waals surface area contributed by atoms with Gasteiger partial charge in [0.15, 0.2) is 5.78 Å². The molecule has 0 radical (unpaired) electrons. The van der Waals surface area contributed by atoms with Crippen molar-refractivity contribution >= 4 is 5.78 Å². The van der Waals surface area contributed by atoms with Crippen molar-refractivity contribution in [3.05, 3.63) is 94.1 Å². The third kappa shape index (κ3) is 3.45. The smallest absolute Gasteiger partial charge is 0.416 e. The second kappa shape index (κ2) is 7.38. The first-order chi connectivity index (χ1) is 14.3. The van der Waals surface area contributed by atoms with Crippen LogP contribution in [0.1, 0.15) is 41.4 Å². The number of rotatable bonds is 2. The Morgan fingerprint density at radius 1 is 1.00 bits per heavy atom. The van der Waals surface area contributed by atoms with Crippen LogP contribution < -0.4 is 5.73 Å². The molecule has 4 nitrogen and oxygen atoms in total. The minimum atomic E-state index is -4.48. The lowest BCUT2D eigenvalue weighted by Gasteiger charge is -2.34. The number of ketones is 1. The summed E-state index contributed by atoms with van der Waals surface area (Å²) in [5.74, 6) is -0.883. The van der Waals surface area contributed by atoms with Crippen molar-refractivity contribution in [3.8, 4) is 6.07 Å². The van der Waals surface area contributed by atoms with Gasteiger partial charge in [0.2, 0.25) is 5.88 Å². The van der Waals surface area contributed by atoms with Crippen LogP contribution in [0.3, 0.4) is 0 Å². The van der Waals surface area contributed by atoms with Crippen LogP contribution in [0.2, 0.25) is 0 Å². The molecular formula is C23H17F3N2O2. The summed E-state index contributed by atoms with van der Waals surface area (Å²) in [5, 5.41) is 9.60. The van der Waals surface area contributed by atoms with Gasteiger partial charge in [0.1, 0.15) is 17.4 Å². The Bertz CT molecular complexity index is 1090. The molecule has 0 fully saturated rings. The minimum Gasteiger partial charge on any atom is -0.444 e. The van der Waals surface area contributed by atoms with Crippen LogP contribution in [0, 0.1) is 11.3 Å². The van der Waals surface area contributed by atoms with Crippen molar-refractivity contribution in [2.75, 3.05) is 0 Å². The Morgan fingerprint density at radius 2 is 1.67 bits per heavy atom. The molecule has 1 aliphatic heterocycles. The first kappa shape index (κ1) is 19.8. The molecule has 0 aromatic heterocycles. The van der Waals surface area contributed by atoms with E-state index >= 15 is 0 Å². The van der Waals surface area contributed by atoms with Gasteiger partial charge in [0.05, 0.1) is 11.5 Å². The van der Waals surface area contributed by atoms with Crippen molar-refractivity contribution in [3.63, 3.8) is 0 Å². The van der Waals surface area contributed by atoms with Crippen LogP contribution in [-0.4, -0.2) is 5.78 Å². The van der Waals surface area contributed by atoms with Crippen molar-refractivity contribution in [1.82, 2.24) is 0 Å². The molecular weight excluding hydrogens is 393 g/mol. The van der Waals surface area contributed by atoms with E-state index in [0.29, 0.717) is 23.3 Å². The standard InChI is InChI=1S/C23H17F3N2O2/c24-23(25,26)16-8-6-14(7-9-16)20-17(12-27)22(28)30-19-11-15(10-18(29)21(19)20)13-4-2-1-3-5-13/h1-9,15,20H,10-11,28H2. The summed E-state index contributed by atoms with van der Waals surface area (Å²) < 4.78 is 44.5. The monoisotopic (exact) mass is 410 g/mol. The van der Waals surface area contributed by atoms with E-state index in [1.54, 1.807) is 0 Å². The van der Waals surface area contributed by atoms with Crippen LogP contribution in [-0.2, 0) is 15.7 Å². The molecule has 30 heavy (non-hydrogen) atoms. The van der Waals surface area contributed by atoms with Gasteiger partial charge in [-0.2, -0.15) is 18.4 Å². The molecule has 0 spiro atoms. The Balaban J connectivity index is 1.76. The third-order valence-electron chi connectivity index (χ3n) is 5.50. The SMILES string of the molecule is N#CC1=C(N)OC2=C(C(=O)CC(c3ccccc3)C2)C1c1ccc(C(F)(F)F)cc1. The fourth-order valence-electron chi connectivity index (χ4n) is 4.07. The summed E-state index contributed by atoms with van der Waals surface area (Å²) in [4.78, 5) is 13.1. The number of carbonyl (C=O) groups is 1. The summed E-state index contributed by atoms with van der Waals surface area (Å²) in [6.45, 7) is 0. The number of hydrogen-bond acceptors (Lipinski definition) is 4. The number of carbonyl (C=O) groups excluding carboxylic acids is 1. The zero-order chi connectivity index (χ0) is 21.5. The van der Waals surface area contributed by atoms with Crippen LogP contribution in [0.25, 0.3) is 0 Å². The summed E-state index contributed by atoms with van der Waals surface area (Å²) in [5.41, 5.74) is 6.87. The van der Waals surface area contributed by atoms with Gasteiger partial charge in [0, 0.05) is 18.4 Å². The van der Waals surface area contributed by atoms with Gasteiger partial charge in [-0.3, -0.25) is 4.79 Å². The quantitative estimate of drug-likeness (QED) is 0.763. The van der Waals surface area contributed by atoms with Crippen molar-refractivity contribution in [1.29, 1.82) is 5.26 Å². The molecule has 0 saturated heterocycles. The molecule has 1 aliphatic carbocycles. The molecule has 2 aliphatic rings. The number of allylic oxidation sites excluding steroid dienone is 3. The zero-order valence-corrected chi connectivity index (χ0v) is 15.7. The molecule has 4 rings (SSSR count). The van der Waals surface area contributed by atoms with Crippen molar-refractivity contribution in [2.45, 2.75) is 30.9 Å². The number of ether oxygens (including phenoxy) is 1. The van der Waals surface area contributed by atoms with E-state index < -0.39 is 17.7 Å². The Hall–Kier alpha value is -3.53. The van der Waals surface area contributed by atoms with Crippen LogP contribution in [0.4, 0.5) is 13.2 Å². The molecule has 2 unspecified atom stereocenters. The predicted octanol–water partition coefficient (Wildman–Crippen LogP) is 4.91. The largest absolute Gasteiger partial charge is 0.444 e. The van der Waals surface area contributed by atoms with Gasteiger partial charge >= 0.3 is 6.18 Å². The maximum atomic E-state index is 13.1. The highest BCUT2D eigenvalue weighted by Gasteiger charge is 2.41. The van der Waals surface area contributed by atoms with E-state index in [1.165, 1.54) is 12.1 Å². The number of nitrogens with two attached hydrogens (primary N) is 1. The lowest BCUT2D eigenvalue weighted by atomic mass is 9.73. The maximum Gasteiger partial charge on any atom is 0.416 e. The van der Waals surface area contributed by atoms with Crippen LogP contribution in [0.15, 0.2) is 77.4 Å². The van der Waals surface area contributed by atoms with E-state index in [-0.39, 0.29) is 29.6 Å². The molecule has 2 N–H and O–H groups in total. The Morgan fingerprint density at radius 3 is 2.27 bits per heavy atom. The number of nitriles is 1. The number of nitrogens with zero attached hydrogens (tertiary/aromatic N) is 1. The molecule has 152 valence electrons. The number of alkyl halides is 3. The van der Waals surface area contributed by atoms with Crippen molar-refractivity contribution in [2.24, 2.45) is 5.73 Å². The number of Topliss-reactive ketones (excluding diaryl/α,β-unsaturated/α-hetero) is 1. The lowest BCUT2D eigenvalue weighted by Crippen LogP contribution is -2.29. The van der Waals surface area contributed by atoms with E-state index in [4.69, 9.17) is 10.5 Å². The highest BCUT2D eigenvalue weighted by atomic mass is 19.4. The van der Waals surface area contributed by atoms with E-state index in [0.717, 1.165) is 17.7 Å². The third-order valence-corrected chi connectivity index (χ3v) is 5.50. The topological polar surface area (TPSA) is 76.1 Å². The number of hydrogen-bond donors (Lipinski definition) is 1. The second-order valence-electron chi connectivity index (χ2n) is 7.32. The van der Waals surface area contributed by atoms with Crippen LogP contribution >= 0.6 is 0 Å². The molecule has 7 heteroatoms. The van der Waals surface area contributed by atoms with E-state index in [9.17, 15) is 23.2 Å². The second-order valence-corrected chi connectivity index (χ2v) is 7.32. The summed E-state index contributed by atoms with van der Waals surface area (Å²) in [7, 11) is 0. The average Bonchev–Trinajstić information content (AvgIpc) is 2.72. The molecule has 2 aromatic rings. The van der Waals surface area contributed by atoms with Gasteiger partial charge in [-0.25, -0.2) is 0 Å². The Kier molecular flexibility index (Phi) is 4.86. The molecule has 2 aromatic carbocycles. The summed E-state index contributed by atoms with van der Waals surface area (Å²) in [6, 6.07) is 15.9. The maximum absolute atomic E-state index is 13.1. The van der Waals surface area contributed by atoms with Crippen LogP contribution in [0.5, 0.6) is 0 Å². The Labute approximate surface area is 171 Å². The summed E-state index contributed by atoms with van der Waals surface area (Å²) in [6.07, 6.45) is -3.83. The lowest BCUT2D eigenvalue weighted by molar-refractivity contribution is -0.137. The average molecular weight is 410 g/mol. The fraction of sp³-hybridized carbons (Fsp3) is 0.217. The summed E-state index contributed by atoms with van der Waals surface area (Å²) >= 11 is 0. The molecule has 0 bridgehead atoms. The first-order valence-electron chi connectivity index (χ1n) is 9.35. The molecule has 0 saturated carbocycles. The van der Waals surface area contributed by atoms with E-state index in [2.05, 4.69) is 0 Å². The first-order valence-corrected chi connectivity index (χ1v) is 9.35. The molecule has 1 heterocycles. The normalized spacial score (nSPS) is 21.7. The van der Waals surface area contributed by atoms with Crippen molar-refractivity contribution < 1.29 is 22.7 Å². The van der Waals surface area contributed by atoms with Gasteiger partial charge in [-0.05, 0) is 29.2 Å². The predicted molar refractivity (Wildman–Crippen MR) is 103 cm³/mol. The highest BCUT2D eigenvalue weighted by Crippen LogP contribution is 2.47. The zero-order valence-electron chi connectivity index (χ0n) is 15.7. The fourth-order valence-corrected chi connectivity index (χ4v) is 4.07. The van der Waals surface area contributed by atoms with Gasteiger partial charge < -0.3 is 10.5 Å². The number of halogens is 3. The highest BCUT2D eigenvalue weighted by molar-refractivity contribution is 6.00. The molecule has 2 atom stereocenters. The minimum absolute atomic E-state index is 0.0278.